The number of piperidine rings is 1. The maximum atomic E-state index is 10.7. The molecule has 96 valence electrons. The number of rotatable bonds is 3. The zero-order valence-electron chi connectivity index (χ0n) is 10.3. The molecule has 4 nitrogen and oxygen atoms in total. The summed E-state index contributed by atoms with van der Waals surface area (Å²) in [5.74, 6) is 0.617. The van der Waals surface area contributed by atoms with E-state index in [-0.39, 0.29) is 0 Å². The van der Waals surface area contributed by atoms with Gasteiger partial charge in [-0.05, 0) is 50.7 Å². The highest BCUT2D eigenvalue weighted by molar-refractivity contribution is 5.67. The first-order valence-corrected chi connectivity index (χ1v) is 6.90. The summed E-state index contributed by atoms with van der Waals surface area (Å²) in [5, 5.41) is 8.85. The van der Waals surface area contributed by atoms with E-state index in [9.17, 15) is 4.79 Å². The molecule has 0 saturated carbocycles. The van der Waals surface area contributed by atoms with Crippen LogP contribution in [0.15, 0.2) is 0 Å². The Labute approximate surface area is 103 Å². The minimum absolute atomic E-state index is 0.361. The number of nitrogens with zero attached hydrogens (tertiary/aromatic N) is 2. The number of hydrogen-bond acceptors (Lipinski definition) is 3. The Kier molecular flexibility index (Phi) is 3.09. The molecule has 3 aliphatic heterocycles. The van der Waals surface area contributed by atoms with Crippen molar-refractivity contribution in [3.05, 3.63) is 0 Å². The first-order chi connectivity index (χ1) is 8.22. The predicted octanol–water partition coefficient (Wildman–Crippen LogP) is 0.877. The molecule has 4 atom stereocenters. The number of carboxylic acid groups (broad SMARTS) is 1. The molecular formula is C13H22N2O2. The average Bonchev–Trinajstić information content (AvgIpc) is 2.87. The summed E-state index contributed by atoms with van der Waals surface area (Å²) in [7, 11) is 0. The predicted molar refractivity (Wildman–Crippen MR) is 64.9 cm³/mol. The van der Waals surface area contributed by atoms with Crippen LogP contribution in [0.4, 0.5) is 0 Å². The molecule has 3 heterocycles. The van der Waals surface area contributed by atoms with Gasteiger partial charge in [0.15, 0.2) is 0 Å². The van der Waals surface area contributed by atoms with Crippen molar-refractivity contribution in [1.29, 1.82) is 0 Å². The van der Waals surface area contributed by atoms with Gasteiger partial charge in [0, 0.05) is 25.6 Å². The quantitative estimate of drug-likeness (QED) is 0.792. The molecule has 3 saturated heterocycles. The standard InChI is InChI=1S/C13H22N2O2/c16-13(17)7-10-1-6-15(8-10)12-3-5-14-4-2-11(12)9-14/h10-12H,1-9H2,(H,16,17). The number of carboxylic acids is 1. The summed E-state index contributed by atoms with van der Waals surface area (Å²) in [5.41, 5.74) is 0. The maximum Gasteiger partial charge on any atom is 0.303 e. The topological polar surface area (TPSA) is 43.8 Å². The first-order valence-electron chi connectivity index (χ1n) is 6.90. The molecule has 2 bridgehead atoms. The second-order valence-corrected chi connectivity index (χ2v) is 5.95. The molecule has 0 radical (unpaired) electrons. The van der Waals surface area contributed by atoms with E-state index in [1.165, 1.54) is 32.5 Å². The van der Waals surface area contributed by atoms with Crippen molar-refractivity contribution in [2.24, 2.45) is 11.8 Å². The number of likely N-dealkylation sites (tertiary alicyclic amines) is 1. The Hall–Kier alpha value is -0.610. The highest BCUT2D eigenvalue weighted by Gasteiger charge is 2.39. The van der Waals surface area contributed by atoms with Gasteiger partial charge in [-0.3, -0.25) is 9.69 Å². The van der Waals surface area contributed by atoms with Crippen LogP contribution in [0.25, 0.3) is 0 Å². The van der Waals surface area contributed by atoms with Crippen molar-refractivity contribution in [3.63, 3.8) is 0 Å². The summed E-state index contributed by atoms with van der Waals surface area (Å²) in [6.07, 6.45) is 4.09. The van der Waals surface area contributed by atoms with E-state index in [0.29, 0.717) is 12.3 Å². The summed E-state index contributed by atoms with van der Waals surface area (Å²) in [4.78, 5) is 15.9. The molecule has 17 heavy (non-hydrogen) atoms. The average molecular weight is 238 g/mol. The van der Waals surface area contributed by atoms with Crippen LogP contribution >= 0.6 is 0 Å². The van der Waals surface area contributed by atoms with E-state index >= 15 is 0 Å². The lowest BCUT2D eigenvalue weighted by molar-refractivity contribution is -0.138. The van der Waals surface area contributed by atoms with Gasteiger partial charge in [-0.2, -0.15) is 0 Å². The zero-order valence-corrected chi connectivity index (χ0v) is 10.3. The van der Waals surface area contributed by atoms with E-state index in [4.69, 9.17) is 5.11 Å². The number of fused-ring (bicyclic) bond motifs is 2. The molecule has 0 aliphatic carbocycles. The van der Waals surface area contributed by atoms with Gasteiger partial charge in [0.2, 0.25) is 0 Å². The fraction of sp³-hybridized carbons (Fsp3) is 0.923. The number of hydrogen-bond donors (Lipinski definition) is 1. The summed E-state index contributed by atoms with van der Waals surface area (Å²) >= 11 is 0. The molecule has 1 N–H and O–H groups in total. The van der Waals surface area contributed by atoms with E-state index < -0.39 is 5.97 Å². The molecule has 0 aromatic carbocycles. The lowest BCUT2D eigenvalue weighted by atomic mass is 9.93. The fourth-order valence-electron chi connectivity index (χ4n) is 3.99. The Morgan fingerprint density at radius 3 is 2.76 bits per heavy atom. The van der Waals surface area contributed by atoms with Crippen LogP contribution in [0.3, 0.4) is 0 Å². The van der Waals surface area contributed by atoms with E-state index in [0.717, 1.165) is 31.5 Å². The van der Waals surface area contributed by atoms with Crippen LogP contribution in [0.5, 0.6) is 0 Å². The van der Waals surface area contributed by atoms with Crippen molar-refractivity contribution in [3.8, 4) is 0 Å². The van der Waals surface area contributed by atoms with E-state index in [1.807, 2.05) is 0 Å². The van der Waals surface area contributed by atoms with Crippen LogP contribution in [-0.4, -0.2) is 59.6 Å². The monoisotopic (exact) mass is 238 g/mol. The van der Waals surface area contributed by atoms with Crippen molar-refractivity contribution in [2.45, 2.75) is 31.7 Å². The van der Waals surface area contributed by atoms with Gasteiger partial charge in [0.25, 0.3) is 0 Å². The van der Waals surface area contributed by atoms with Crippen molar-refractivity contribution >= 4 is 5.97 Å². The van der Waals surface area contributed by atoms with Gasteiger partial charge >= 0.3 is 5.97 Å². The van der Waals surface area contributed by atoms with E-state index in [1.54, 1.807) is 0 Å². The third kappa shape index (κ3) is 2.33. The van der Waals surface area contributed by atoms with Crippen molar-refractivity contribution in [1.82, 2.24) is 9.80 Å². The van der Waals surface area contributed by atoms with Gasteiger partial charge in [0.05, 0.1) is 0 Å². The molecule has 0 amide bonds. The molecule has 4 unspecified atom stereocenters. The second-order valence-electron chi connectivity index (χ2n) is 5.95. The van der Waals surface area contributed by atoms with Gasteiger partial charge in [-0.15, -0.1) is 0 Å². The van der Waals surface area contributed by atoms with Crippen molar-refractivity contribution in [2.75, 3.05) is 32.7 Å². The van der Waals surface area contributed by atoms with Crippen LogP contribution in [0.2, 0.25) is 0 Å². The highest BCUT2D eigenvalue weighted by atomic mass is 16.4. The minimum atomic E-state index is -0.632. The number of aliphatic carboxylic acids is 1. The van der Waals surface area contributed by atoms with Gasteiger partial charge in [0.1, 0.15) is 0 Å². The van der Waals surface area contributed by atoms with Crippen LogP contribution < -0.4 is 0 Å². The smallest absolute Gasteiger partial charge is 0.303 e. The van der Waals surface area contributed by atoms with E-state index in [2.05, 4.69) is 9.80 Å². The fourth-order valence-corrected chi connectivity index (χ4v) is 3.99. The summed E-state index contributed by atoms with van der Waals surface area (Å²) in [6.45, 7) is 5.96. The zero-order chi connectivity index (χ0) is 11.8. The maximum absolute atomic E-state index is 10.7. The van der Waals surface area contributed by atoms with Crippen molar-refractivity contribution < 1.29 is 9.90 Å². The number of carbonyl (C=O) groups is 1. The molecular weight excluding hydrogens is 216 g/mol. The third-order valence-corrected chi connectivity index (χ3v) is 4.84. The van der Waals surface area contributed by atoms with Crippen LogP contribution in [0.1, 0.15) is 25.7 Å². The lowest BCUT2D eigenvalue weighted by Crippen LogP contribution is -2.45. The lowest BCUT2D eigenvalue weighted by Gasteiger charge is -2.37. The molecule has 3 aliphatic rings. The normalized spacial score (nSPS) is 41.9. The molecule has 0 aromatic heterocycles. The largest absolute Gasteiger partial charge is 0.481 e. The molecule has 0 spiro atoms. The highest BCUT2D eigenvalue weighted by Crippen LogP contribution is 2.33. The summed E-state index contributed by atoms with van der Waals surface area (Å²) in [6, 6.07) is 0.743. The minimum Gasteiger partial charge on any atom is -0.481 e. The van der Waals surface area contributed by atoms with Gasteiger partial charge in [-0.25, -0.2) is 0 Å². The molecule has 3 rings (SSSR count). The van der Waals surface area contributed by atoms with Crippen LogP contribution in [0, 0.1) is 11.8 Å². The van der Waals surface area contributed by atoms with Gasteiger partial charge in [-0.1, -0.05) is 0 Å². The Bertz CT molecular complexity index is 308. The Balaban J connectivity index is 1.57. The molecule has 4 heteroatoms. The summed E-state index contributed by atoms with van der Waals surface area (Å²) < 4.78 is 0. The second kappa shape index (κ2) is 4.58. The first kappa shape index (κ1) is 11.5. The Morgan fingerprint density at radius 1 is 1.12 bits per heavy atom. The van der Waals surface area contributed by atoms with Gasteiger partial charge < -0.3 is 10.0 Å². The SMILES string of the molecule is O=C(O)CC1CCN(C2CCN3CCC2C3)C1. The van der Waals surface area contributed by atoms with Crippen LogP contribution in [-0.2, 0) is 4.79 Å². The third-order valence-electron chi connectivity index (χ3n) is 4.84. The Morgan fingerprint density at radius 2 is 1.94 bits per heavy atom. The molecule has 0 aromatic rings. The molecule has 3 fully saturated rings.